The summed E-state index contributed by atoms with van der Waals surface area (Å²) in [5.74, 6) is 0.304. The van der Waals surface area contributed by atoms with Gasteiger partial charge in [-0.25, -0.2) is 4.98 Å². The molecule has 1 amide bonds. The van der Waals surface area contributed by atoms with E-state index in [9.17, 15) is 18.0 Å². The zero-order valence-corrected chi connectivity index (χ0v) is 14.1. The molecule has 10 heteroatoms. The van der Waals surface area contributed by atoms with Crippen molar-refractivity contribution in [2.75, 3.05) is 31.1 Å². The molecule has 0 aromatic carbocycles. The maximum atomic E-state index is 12.7. The molecule has 1 saturated heterocycles. The van der Waals surface area contributed by atoms with Crippen LogP contribution in [0.3, 0.4) is 0 Å². The van der Waals surface area contributed by atoms with Gasteiger partial charge < -0.3 is 4.90 Å². The summed E-state index contributed by atoms with van der Waals surface area (Å²) < 4.78 is 39.7. The van der Waals surface area contributed by atoms with Crippen molar-refractivity contribution in [3.05, 3.63) is 40.8 Å². The van der Waals surface area contributed by atoms with Crippen molar-refractivity contribution >= 4 is 23.3 Å². The van der Waals surface area contributed by atoms with Gasteiger partial charge in [0.15, 0.2) is 0 Å². The molecular formula is C15H16ClF3N5O+. The molecule has 134 valence electrons. The van der Waals surface area contributed by atoms with Gasteiger partial charge in [-0.3, -0.25) is 14.4 Å². The highest BCUT2D eigenvalue weighted by Crippen LogP contribution is 2.32. The number of alkyl halides is 3. The minimum Gasteiger partial charge on any atom is -0.331 e. The largest absolute Gasteiger partial charge is 0.419 e. The van der Waals surface area contributed by atoms with Crippen molar-refractivity contribution in [3.8, 4) is 0 Å². The van der Waals surface area contributed by atoms with Crippen LogP contribution in [0.15, 0.2) is 24.7 Å². The molecule has 0 spiro atoms. The van der Waals surface area contributed by atoms with Gasteiger partial charge in [0.05, 0.1) is 30.4 Å². The van der Waals surface area contributed by atoms with Crippen molar-refractivity contribution in [1.29, 1.82) is 0 Å². The third-order valence-corrected chi connectivity index (χ3v) is 4.32. The van der Waals surface area contributed by atoms with Crippen LogP contribution in [-0.2, 0) is 13.2 Å². The lowest BCUT2D eigenvalue weighted by Crippen LogP contribution is -2.50. The van der Waals surface area contributed by atoms with E-state index in [1.54, 1.807) is 22.8 Å². The smallest absolute Gasteiger partial charge is 0.331 e. The van der Waals surface area contributed by atoms with E-state index in [1.807, 2.05) is 4.90 Å². The highest BCUT2D eigenvalue weighted by Gasteiger charge is 2.35. The average molecular weight is 375 g/mol. The molecule has 1 aliphatic heterocycles. The summed E-state index contributed by atoms with van der Waals surface area (Å²) in [6, 6.07) is 0.903. The van der Waals surface area contributed by atoms with Gasteiger partial charge in [0.1, 0.15) is 24.3 Å². The molecule has 2 aromatic rings. The van der Waals surface area contributed by atoms with E-state index in [0.29, 0.717) is 37.6 Å². The lowest BCUT2D eigenvalue weighted by atomic mass is 10.2. The quantitative estimate of drug-likeness (QED) is 0.806. The summed E-state index contributed by atoms with van der Waals surface area (Å²) in [5.41, 5.74) is -0.318. The fourth-order valence-corrected chi connectivity index (χ4v) is 3.01. The SMILES string of the molecule is Cn1cc(C(=O)N2CCN(c3[nH+]cc(C(F)(F)F)cc3Cl)CC2)cn1. The standard InChI is InChI=1S/C15H15ClF3N5O/c1-22-9-10(7-21-22)14(25)24-4-2-23(3-5-24)13-12(16)6-11(8-20-13)15(17,18)19/h6-9H,2-5H2,1H3/p+1. The molecule has 2 aromatic heterocycles. The van der Waals surface area contributed by atoms with Crippen LogP contribution in [-0.4, -0.2) is 46.8 Å². The Hall–Kier alpha value is -2.29. The number of halogens is 4. The number of H-pyrrole nitrogens is 1. The molecule has 1 fully saturated rings. The monoisotopic (exact) mass is 374 g/mol. The number of rotatable bonds is 2. The average Bonchev–Trinajstić information content (AvgIpc) is 3.00. The van der Waals surface area contributed by atoms with Gasteiger partial charge in [-0.1, -0.05) is 11.6 Å². The van der Waals surface area contributed by atoms with Gasteiger partial charge in [-0.2, -0.15) is 18.3 Å². The molecule has 1 N–H and O–H groups in total. The molecular weight excluding hydrogens is 359 g/mol. The van der Waals surface area contributed by atoms with Crippen molar-refractivity contribution in [1.82, 2.24) is 14.7 Å². The predicted molar refractivity (Wildman–Crippen MR) is 84.3 cm³/mol. The molecule has 0 saturated carbocycles. The predicted octanol–water partition coefficient (Wildman–Crippen LogP) is 1.87. The maximum Gasteiger partial charge on any atom is 0.419 e. The Morgan fingerprint density at radius 2 is 1.96 bits per heavy atom. The summed E-state index contributed by atoms with van der Waals surface area (Å²) in [4.78, 5) is 18.5. The van der Waals surface area contributed by atoms with Gasteiger partial charge in [-0.05, 0) is 6.07 Å². The first kappa shape index (κ1) is 17.5. The van der Waals surface area contributed by atoms with Gasteiger partial charge in [0, 0.05) is 13.2 Å². The third-order valence-electron chi connectivity index (χ3n) is 4.04. The minimum absolute atomic E-state index is 0.00172. The zero-order valence-electron chi connectivity index (χ0n) is 13.3. The number of anilines is 1. The topological polar surface area (TPSA) is 55.5 Å². The van der Waals surface area contributed by atoms with E-state index in [4.69, 9.17) is 11.6 Å². The van der Waals surface area contributed by atoms with Gasteiger partial charge in [0.25, 0.3) is 11.7 Å². The maximum absolute atomic E-state index is 12.7. The van der Waals surface area contributed by atoms with E-state index in [0.717, 1.165) is 12.3 Å². The zero-order chi connectivity index (χ0) is 18.2. The number of carbonyl (C=O) groups is 1. The normalized spacial score (nSPS) is 15.6. The number of amides is 1. The van der Waals surface area contributed by atoms with E-state index < -0.39 is 11.7 Å². The van der Waals surface area contributed by atoms with E-state index >= 15 is 0 Å². The Morgan fingerprint density at radius 1 is 1.28 bits per heavy atom. The van der Waals surface area contributed by atoms with Crippen LogP contribution in [0.5, 0.6) is 0 Å². The summed E-state index contributed by atoms with van der Waals surface area (Å²) in [6.07, 6.45) is -0.397. The van der Waals surface area contributed by atoms with Gasteiger partial charge in [-0.15, -0.1) is 0 Å². The van der Waals surface area contributed by atoms with E-state index in [-0.39, 0.29) is 10.9 Å². The second-order valence-corrected chi connectivity index (χ2v) is 6.17. The fourth-order valence-electron chi connectivity index (χ4n) is 2.71. The summed E-state index contributed by atoms with van der Waals surface area (Å²) >= 11 is 6.00. The first-order valence-corrected chi connectivity index (χ1v) is 7.95. The molecule has 0 unspecified atom stereocenters. The first-order valence-electron chi connectivity index (χ1n) is 7.57. The lowest BCUT2D eigenvalue weighted by molar-refractivity contribution is -0.367. The second kappa shape index (κ2) is 6.55. The first-order chi connectivity index (χ1) is 11.8. The Labute approximate surface area is 146 Å². The van der Waals surface area contributed by atoms with Crippen LogP contribution in [0.4, 0.5) is 19.0 Å². The Kier molecular flexibility index (Phi) is 4.59. The number of piperazine rings is 1. The van der Waals surface area contributed by atoms with Gasteiger partial charge in [0.2, 0.25) is 0 Å². The number of pyridine rings is 1. The highest BCUT2D eigenvalue weighted by molar-refractivity contribution is 6.32. The van der Waals surface area contributed by atoms with Crippen molar-refractivity contribution < 1.29 is 22.9 Å². The van der Waals surface area contributed by atoms with Gasteiger partial charge >= 0.3 is 6.18 Å². The molecule has 0 bridgehead atoms. The van der Waals surface area contributed by atoms with Crippen LogP contribution in [0.25, 0.3) is 0 Å². The van der Waals surface area contributed by atoms with Crippen LogP contribution >= 0.6 is 11.6 Å². The number of hydrogen-bond acceptors (Lipinski definition) is 3. The minimum atomic E-state index is -4.45. The molecule has 3 heterocycles. The van der Waals surface area contributed by atoms with Crippen molar-refractivity contribution in [3.63, 3.8) is 0 Å². The number of aryl methyl sites for hydroxylation is 1. The second-order valence-electron chi connectivity index (χ2n) is 5.76. The summed E-state index contributed by atoms with van der Waals surface area (Å²) in [6.45, 7) is 1.82. The van der Waals surface area contributed by atoms with Crippen LogP contribution in [0.2, 0.25) is 5.02 Å². The summed E-state index contributed by atoms with van der Waals surface area (Å²) in [5, 5.41) is 3.98. The molecule has 1 aliphatic rings. The molecule has 6 nitrogen and oxygen atoms in total. The number of aromatic amines is 1. The molecule has 0 aliphatic carbocycles. The van der Waals surface area contributed by atoms with E-state index in [1.165, 1.54) is 6.20 Å². The molecule has 3 rings (SSSR count). The fraction of sp³-hybridized carbons (Fsp3) is 0.400. The van der Waals surface area contributed by atoms with Crippen molar-refractivity contribution in [2.24, 2.45) is 7.05 Å². The number of hydrogen-bond donors (Lipinski definition) is 0. The number of nitrogens with zero attached hydrogens (tertiary/aromatic N) is 4. The highest BCUT2D eigenvalue weighted by atomic mass is 35.5. The molecule has 0 atom stereocenters. The lowest BCUT2D eigenvalue weighted by Gasteiger charge is -2.31. The number of carbonyl (C=O) groups excluding carboxylic acids is 1. The Morgan fingerprint density at radius 3 is 2.48 bits per heavy atom. The van der Waals surface area contributed by atoms with Crippen LogP contribution in [0, 0.1) is 0 Å². The third kappa shape index (κ3) is 3.71. The Bertz CT molecular complexity index is 784. The molecule has 25 heavy (non-hydrogen) atoms. The molecule has 0 radical (unpaired) electrons. The summed E-state index contributed by atoms with van der Waals surface area (Å²) in [7, 11) is 1.73. The number of aromatic nitrogens is 3. The van der Waals surface area contributed by atoms with Crippen LogP contribution in [0.1, 0.15) is 15.9 Å². The van der Waals surface area contributed by atoms with Crippen LogP contribution < -0.4 is 9.88 Å². The van der Waals surface area contributed by atoms with Crippen molar-refractivity contribution in [2.45, 2.75) is 6.18 Å². The number of nitrogens with one attached hydrogen (secondary N) is 1. The Balaban J connectivity index is 1.67. The van der Waals surface area contributed by atoms with E-state index in [2.05, 4.69) is 10.1 Å².